The molecule has 0 spiro atoms. The van der Waals surface area contributed by atoms with Gasteiger partial charge in [-0.1, -0.05) is 0 Å². The van der Waals surface area contributed by atoms with E-state index in [-0.39, 0.29) is 5.70 Å². The Morgan fingerprint density at radius 2 is 2.18 bits per heavy atom. The van der Waals surface area contributed by atoms with E-state index in [2.05, 4.69) is 0 Å². The lowest BCUT2D eigenvalue weighted by Gasteiger charge is -2.27. The van der Waals surface area contributed by atoms with Crippen molar-refractivity contribution in [3.8, 4) is 0 Å². The van der Waals surface area contributed by atoms with E-state index in [1.165, 1.54) is 6.92 Å². The zero-order valence-electron chi connectivity index (χ0n) is 6.14. The second-order valence-electron chi connectivity index (χ2n) is 2.80. The van der Waals surface area contributed by atoms with Crippen LogP contribution in [0.2, 0.25) is 0 Å². The summed E-state index contributed by atoms with van der Waals surface area (Å²) in [5.41, 5.74) is 8.76. The first-order chi connectivity index (χ1) is 4.93. The van der Waals surface area contributed by atoms with E-state index in [0.29, 0.717) is 0 Å². The normalized spacial score (nSPS) is 38.0. The molecule has 0 aromatic heterocycles. The number of hydrogen-bond acceptors (Lipinski definition) is 2. The zero-order chi connectivity index (χ0) is 8.65. The van der Waals surface area contributed by atoms with E-state index in [0.717, 1.165) is 12.2 Å². The Balaban J connectivity index is 3.01. The van der Waals surface area contributed by atoms with Crippen molar-refractivity contribution in [2.75, 3.05) is 0 Å². The van der Waals surface area contributed by atoms with Crippen LogP contribution in [0.5, 0.6) is 0 Å². The Kier molecular flexibility index (Phi) is 1.72. The van der Waals surface area contributed by atoms with E-state index in [9.17, 15) is 8.78 Å². The highest BCUT2D eigenvalue weighted by Gasteiger charge is 2.34. The molecular formula is C7H10F2N2. The van der Waals surface area contributed by atoms with Crippen LogP contribution in [0.25, 0.3) is 0 Å². The van der Waals surface area contributed by atoms with Crippen molar-refractivity contribution in [2.45, 2.75) is 18.6 Å². The van der Waals surface area contributed by atoms with Gasteiger partial charge in [0.2, 0.25) is 0 Å². The van der Waals surface area contributed by atoms with Crippen LogP contribution in [0.1, 0.15) is 6.92 Å². The lowest BCUT2D eigenvalue weighted by molar-refractivity contribution is 0.219. The second kappa shape index (κ2) is 2.30. The maximum atomic E-state index is 13.2. The summed E-state index contributed by atoms with van der Waals surface area (Å²) in [6.45, 7) is 1.19. The van der Waals surface area contributed by atoms with Crippen LogP contribution in [-0.4, -0.2) is 11.7 Å². The van der Waals surface area contributed by atoms with Crippen molar-refractivity contribution in [3.05, 3.63) is 23.7 Å². The van der Waals surface area contributed by atoms with Crippen molar-refractivity contribution in [2.24, 2.45) is 11.5 Å². The van der Waals surface area contributed by atoms with Crippen LogP contribution in [-0.2, 0) is 0 Å². The van der Waals surface area contributed by atoms with Crippen LogP contribution in [0.4, 0.5) is 8.78 Å². The van der Waals surface area contributed by atoms with Crippen molar-refractivity contribution in [1.82, 2.24) is 0 Å². The molecule has 0 aliphatic heterocycles. The SMILES string of the molecule is CC1(F)C=C(F)C=C(N)C1N. The number of alkyl halides is 1. The lowest BCUT2D eigenvalue weighted by Crippen LogP contribution is -2.46. The number of hydrogen-bond donors (Lipinski definition) is 2. The minimum Gasteiger partial charge on any atom is -0.401 e. The lowest BCUT2D eigenvalue weighted by atomic mass is 9.92. The molecule has 4 heteroatoms. The molecule has 0 aromatic rings. The summed E-state index contributed by atoms with van der Waals surface area (Å²) in [4.78, 5) is 0. The summed E-state index contributed by atoms with van der Waals surface area (Å²) in [5, 5.41) is 0. The van der Waals surface area contributed by atoms with Gasteiger partial charge in [0, 0.05) is 5.70 Å². The quantitative estimate of drug-likeness (QED) is 0.549. The van der Waals surface area contributed by atoms with Gasteiger partial charge in [-0.05, 0) is 19.1 Å². The molecule has 0 fully saturated rings. The summed E-state index contributed by atoms with van der Waals surface area (Å²) in [7, 11) is 0. The fraction of sp³-hybridized carbons (Fsp3) is 0.429. The summed E-state index contributed by atoms with van der Waals surface area (Å²) >= 11 is 0. The van der Waals surface area contributed by atoms with Gasteiger partial charge < -0.3 is 11.5 Å². The number of allylic oxidation sites excluding steroid dienone is 2. The third-order valence-electron chi connectivity index (χ3n) is 1.69. The van der Waals surface area contributed by atoms with Gasteiger partial charge in [-0.3, -0.25) is 0 Å². The molecule has 0 bridgehead atoms. The Labute approximate surface area is 63.6 Å². The molecule has 0 amide bonds. The van der Waals surface area contributed by atoms with Gasteiger partial charge >= 0.3 is 0 Å². The fourth-order valence-electron chi connectivity index (χ4n) is 0.976. The molecule has 0 saturated carbocycles. The highest BCUT2D eigenvalue weighted by Crippen LogP contribution is 2.26. The zero-order valence-corrected chi connectivity index (χ0v) is 6.14. The predicted octanol–water partition coefficient (Wildman–Crippen LogP) is 0.752. The Bertz CT molecular complexity index is 231. The molecule has 1 rings (SSSR count). The number of nitrogens with two attached hydrogens (primary N) is 2. The van der Waals surface area contributed by atoms with E-state index in [1.807, 2.05) is 0 Å². The molecule has 62 valence electrons. The van der Waals surface area contributed by atoms with Crippen molar-refractivity contribution in [1.29, 1.82) is 0 Å². The summed E-state index contributed by atoms with van der Waals surface area (Å²) in [6.07, 6.45) is 1.86. The van der Waals surface area contributed by atoms with E-state index < -0.39 is 17.5 Å². The molecule has 0 aromatic carbocycles. The maximum Gasteiger partial charge on any atom is 0.150 e. The van der Waals surface area contributed by atoms with Gasteiger partial charge in [0.25, 0.3) is 0 Å². The third kappa shape index (κ3) is 1.40. The minimum absolute atomic E-state index is 0.0370. The summed E-state index contributed by atoms with van der Waals surface area (Å²) in [5.74, 6) is -0.672. The fourth-order valence-corrected chi connectivity index (χ4v) is 0.976. The number of rotatable bonds is 0. The van der Waals surface area contributed by atoms with Crippen molar-refractivity contribution >= 4 is 0 Å². The molecule has 0 saturated heterocycles. The predicted molar refractivity (Wildman–Crippen MR) is 38.9 cm³/mol. The molecule has 0 heterocycles. The first-order valence-electron chi connectivity index (χ1n) is 3.23. The summed E-state index contributed by atoms with van der Waals surface area (Å²) < 4.78 is 25.7. The monoisotopic (exact) mass is 160 g/mol. The highest BCUT2D eigenvalue weighted by molar-refractivity contribution is 5.32. The van der Waals surface area contributed by atoms with Crippen LogP contribution < -0.4 is 11.5 Å². The Morgan fingerprint density at radius 1 is 1.64 bits per heavy atom. The Hall–Kier alpha value is -0.900. The smallest absolute Gasteiger partial charge is 0.150 e. The standard InChI is InChI=1S/C7H10F2N2/c1-7(9)3-4(8)2-5(10)6(7)11/h2-3,6H,10-11H2,1H3. The van der Waals surface area contributed by atoms with Gasteiger partial charge in [0.15, 0.2) is 0 Å². The molecule has 1 aliphatic rings. The minimum atomic E-state index is -1.87. The van der Waals surface area contributed by atoms with Crippen molar-refractivity contribution < 1.29 is 8.78 Å². The molecule has 0 radical (unpaired) electrons. The molecule has 1 aliphatic carbocycles. The largest absolute Gasteiger partial charge is 0.401 e. The third-order valence-corrected chi connectivity index (χ3v) is 1.69. The molecule has 4 N–H and O–H groups in total. The second-order valence-corrected chi connectivity index (χ2v) is 2.80. The summed E-state index contributed by atoms with van der Waals surface area (Å²) in [6, 6.07) is -0.943. The molecule has 2 atom stereocenters. The molecule has 2 nitrogen and oxygen atoms in total. The van der Waals surface area contributed by atoms with Crippen LogP contribution in [0, 0.1) is 0 Å². The topological polar surface area (TPSA) is 52.0 Å². The van der Waals surface area contributed by atoms with E-state index >= 15 is 0 Å². The highest BCUT2D eigenvalue weighted by atomic mass is 19.1. The van der Waals surface area contributed by atoms with Gasteiger partial charge in [-0.2, -0.15) is 0 Å². The van der Waals surface area contributed by atoms with Crippen LogP contribution >= 0.6 is 0 Å². The van der Waals surface area contributed by atoms with Crippen molar-refractivity contribution in [3.63, 3.8) is 0 Å². The van der Waals surface area contributed by atoms with Crippen LogP contribution in [0.15, 0.2) is 23.7 Å². The Morgan fingerprint density at radius 3 is 2.64 bits per heavy atom. The van der Waals surface area contributed by atoms with E-state index in [1.54, 1.807) is 0 Å². The van der Waals surface area contributed by atoms with Crippen LogP contribution in [0.3, 0.4) is 0 Å². The van der Waals surface area contributed by atoms with Gasteiger partial charge in [-0.15, -0.1) is 0 Å². The first kappa shape index (κ1) is 8.20. The average Bonchev–Trinajstić information content (AvgIpc) is 1.81. The molecule has 11 heavy (non-hydrogen) atoms. The first-order valence-corrected chi connectivity index (χ1v) is 3.23. The average molecular weight is 160 g/mol. The molecular weight excluding hydrogens is 150 g/mol. The van der Waals surface area contributed by atoms with Gasteiger partial charge in [-0.25, -0.2) is 8.78 Å². The molecule has 2 unspecified atom stereocenters. The van der Waals surface area contributed by atoms with E-state index in [4.69, 9.17) is 11.5 Å². The number of halogens is 2. The van der Waals surface area contributed by atoms with Gasteiger partial charge in [0.05, 0.1) is 6.04 Å². The maximum absolute atomic E-state index is 13.2. The van der Waals surface area contributed by atoms with Gasteiger partial charge in [0.1, 0.15) is 11.5 Å².